The number of nitrogens with one attached hydrogen (secondary N) is 1. The van der Waals surface area contributed by atoms with E-state index in [1.165, 1.54) is 14.2 Å². The maximum atomic E-state index is 4.30. The van der Waals surface area contributed by atoms with Crippen LogP contribution >= 0.6 is 27.3 Å². The van der Waals surface area contributed by atoms with E-state index in [1.54, 1.807) is 17.5 Å². The van der Waals surface area contributed by atoms with Gasteiger partial charge in [0.25, 0.3) is 0 Å². The van der Waals surface area contributed by atoms with Crippen molar-refractivity contribution in [2.45, 2.75) is 13.1 Å². The third kappa shape index (κ3) is 3.17. The lowest BCUT2D eigenvalue weighted by Gasteiger charge is -2.10. The van der Waals surface area contributed by atoms with Crippen molar-refractivity contribution in [2.24, 2.45) is 0 Å². The number of nitrogens with zero attached hydrogens (tertiary/aromatic N) is 2. The Bertz CT molecular complexity index is 676. The molecule has 102 valence electrons. The molecule has 3 nitrogen and oxygen atoms in total. The molecule has 1 aromatic carbocycles. The highest BCUT2D eigenvalue weighted by atomic mass is 79.9. The van der Waals surface area contributed by atoms with Gasteiger partial charge >= 0.3 is 0 Å². The maximum absolute atomic E-state index is 4.30. The van der Waals surface area contributed by atoms with Crippen molar-refractivity contribution >= 4 is 27.3 Å². The molecule has 0 saturated carbocycles. The van der Waals surface area contributed by atoms with Crippen LogP contribution in [0.1, 0.15) is 10.4 Å². The van der Waals surface area contributed by atoms with Crippen LogP contribution in [0.5, 0.6) is 0 Å². The van der Waals surface area contributed by atoms with Gasteiger partial charge in [-0.3, -0.25) is 0 Å². The lowest BCUT2D eigenvalue weighted by Crippen LogP contribution is -2.14. The van der Waals surface area contributed by atoms with E-state index in [4.69, 9.17) is 0 Å². The lowest BCUT2D eigenvalue weighted by atomic mass is 10.2. The van der Waals surface area contributed by atoms with E-state index in [-0.39, 0.29) is 0 Å². The number of para-hydroxylation sites is 1. The average Bonchev–Trinajstić information content (AvgIpc) is 3.11. The molecule has 2 heterocycles. The Morgan fingerprint density at radius 3 is 2.75 bits per heavy atom. The van der Waals surface area contributed by atoms with E-state index in [0.717, 1.165) is 18.8 Å². The van der Waals surface area contributed by atoms with Gasteiger partial charge in [0, 0.05) is 30.4 Å². The Morgan fingerprint density at radius 1 is 1.10 bits per heavy atom. The van der Waals surface area contributed by atoms with Gasteiger partial charge < -0.3 is 5.32 Å². The van der Waals surface area contributed by atoms with Crippen LogP contribution in [0.25, 0.3) is 5.69 Å². The summed E-state index contributed by atoms with van der Waals surface area (Å²) in [6, 6.07) is 14.5. The van der Waals surface area contributed by atoms with Crippen LogP contribution in [0, 0.1) is 0 Å². The van der Waals surface area contributed by atoms with Crippen LogP contribution < -0.4 is 5.32 Å². The molecule has 0 radical (unpaired) electrons. The smallest absolute Gasteiger partial charge is 0.0701 e. The zero-order valence-electron chi connectivity index (χ0n) is 10.8. The Morgan fingerprint density at radius 2 is 2.00 bits per heavy atom. The van der Waals surface area contributed by atoms with Crippen LogP contribution in [-0.4, -0.2) is 9.78 Å². The van der Waals surface area contributed by atoms with Gasteiger partial charge in [-0.1, -0.05) is 18.2 Å². The molecule has 2 aromatic heterocycles. The van der Waals surface area contributed by atoms with Crippen molar-refractivity contribution in [1.29, 1.82) is 0 Å². The van der Waals surface area contributed by atoms with E-state index < -0.39 is 0 Å². The van der Waals surface area contributed by atoms with E-state index in [0.29, 0.717) is 0 Å². The second-order valence-electron chi connectivity index (χ2n) is 4.39. The molecule has 0 aliphatic carbocycles. The molecule has 3 rings (SSSR count). The zero-order valence-corrected chi connectivity index (χ0v) is 13.2. The summed E-state index contributed by atoms with van der Waals surface area (Å²) in [5.41, 5.74) is 2.36. The summed E-state index contributed by atoms with van der Waals surface area (Å²) in [5.74, 6) is 0. The van der Waals surface area contributed by atoms with Crippen LogP contribution in [0.15, 0.2) is 58.6 Å². The topological polar surface area (TPSA) is 29.9 Å². The number of benzene rings is 1. The standard InChI is InChI=1S/C15H14BrN3S/c16-15-7-6-13(20-15)11-17-10-12-4-1-2-5-14(12)19-9-3-8-18-19/h1-9,17H,10-11H2. The molecular weight excluding hydrogens is 334 g/mol. The van der Waals surface area contributed by atoms with E-state index in [2.05, 4.69) is 56.7 Å². The molecule has 0 aliphatic rings. The van der Waals surface area contributed by atoms with Gasteiger partial charge in [-0.2, -0.15) is 5.10 Å². The molecule has 5 heteroatoms. The summed E-state index contributed by atoms with van der Waals surface area (Å²) in [6.45, 7) is 1.70. The first-order valence-corrected chi connectivity index (χ1v) is 7.97. The minimum absolute atomic E-state index is 0.825. The molecule has 20 heavy (non-hydrogen) atoms. The molecule has 0 aliphatic heterocycles. The Balaban J connectivity index is 1.68. The fourth-order valence-corrected chi connectivity index (χ4v) is 3.52. The third-order valence-corrected chi connectivity index (χ3v) is 4.61. The molecule has 0 unspecified atom stereocenters. The number of rotatable bonds is 5. The van der Waals surface area contributed by atoms with Crippen LogP contribution in [-0.2, 0) is 13.1 Å². The monoisotopic (exact) mass is 347 g/mol. The molecule has 0 fully saturated rings. The molecule has 3 aromatic rings. The van der Waals surface area contributed by atoms with Gasteiger partial charge in [0.05, 0.1) is 9.47 Å². The predicted octanol–water partition coefficient (Wildman–Crippen LogP) is 3.99. The van der Waals surface area contributed by atoms with E-state index in [9.17, 15) is 0 Å². The van der Waals surface area contributed by atoms with Crippen molar-refractivity contribution < 1.29 is 0 Å². The molecule has 0 saturated heterocycles. The molecule has 1 N–H and O–H groups in total. The summed E-state index contributed by atoms with van der Waals surface area (Å²) < 4.78 is 3.07. The fourth-order valence-electron chi connectivity index (χ4n) is 2.06. The van der Waals surface area contributed by atoms with Crippen molar-refractivity contribution in [3.05, 3.63) is 69.1 Å². The Hall–Kier alpha value is -1.43. The normalized spacial score (nSPS) is 10.8. The average molecular weight is 348 g/mol. The van der Waals surface area contributed by atoms with Crippen LogP contribution in [0.3, 0.4) is 0 Å². The largest absolute Gasteiger partial charge is 0.308 e. The first-order chi connectivity index (χ1) is 9.83. The van der Waals surface area contributed by atoms with Crippen molar-refractivity contribution in [3.8, 4) is 5.69 Å². The highest BCUT2D eigenvalue weighted by Gasteiger charge is 2.04. The molecule has 0 amide bonds. The second-order valence-corrected chi connectivity index (χ2v) is 6.94. The summed E-state index contributed by atoms with van der Waals surface area (Å²) in [6.07, 6.45) is 3.77. The van der Waals surface area contributed by atoms with E-state index in [1.807, 2.05) is 23.0 Å². The molecule has 0 bridgehead atoms. The van der Waals surface area contributed by atoms with Gasteiger partial charge in [-0.05, 0) is 45.8 Å². The highest BCUT2D eigenvalue weighted by molar-refractivity contribution is 9.11. The second kappa shape index (κ2) is 6.35. The first-order valence-electron chi connectivity index (χ1n) is 6.36. The van der Waals surface area contributed by atoms with Crippen LogP contribution in [0.4, 0.5) is 0 Å². The minimum Gasteiger partial charge on any atom is -0.308 e. The predicted molar refractivity (Wildman–Crippen MR) is 86.1 cm³/mol. The number of halogens is 1. The number of aromatic nitrogens is 2. The Kier molecular flexibility index (Phi) is 4.30. The van der Waals surface area contributed by atoms with E-state index >= 15 is 0 Å². The molecular formula is C15H14BrN3S. The minimum atomic E-state index is 0.825. The van der Waals surface area contributed by atoms with Crippen molar-refractivity contribution in [2.75, 3.05) is 0 Å². The SMILES string of the molecule is Brc1ccc(CNCc2ccccc2-n2cccn2)s1. The Labute approximate surface area is 130 Å². The molecule has 0 spiro atoms. The summed E-state index contributed by atoms with van der Waals surface area (Å²) >= 11 is 5.25. The van der Waals surface area contributed by atoms with Gasteiger partial charge in [-0.25, -0.2) is 4.68 Å². The fraction of sp³-hybridized carbons (Fsp3) is 0.133. The summed E-state index contributed by atoms with van der Waals surface area (Å²) in [4.78, 5) is 1.33. The zero-order chi connectivity index (χ0) is 13.8. The number of thiophene rings is 1. The van der Waals surface area contributed by atoms with Gasteiger partial charge in [0.1, 0.15) is 0 Å². The number of hydrogen-bond donors (Lipinski definition) is 1. The van der Waals surface area contributed by atoms with Gasteiger partial charge in [0.15, 0.2) is 0 Å². The maximum Gasteiger partial charge on any atom is 0.0701 e. The third-order valence-electron chi connectivity index (χ3n) is 2.99. The summed E-state index contributed by atoms with van der Waals surface area (Å²) in [7, 11) is 0. The highest BCUT2D eigenvalue weighted by Crippen LogP contribution is 2.22. The number of hydrogen-bond acceptors (Lipinski definition) is 3. The lowest BCUT2D eigenvalue weighted by molar-refractivity contribution is 0.693. The van der Waals surface area contributed by atoms with Crippen molar-refractivity contribution in [1.82, 2.24) is 15.1 Å². The van der Waals surface area contributed by atoms with Gasteiger partial charge in [-0.15, -0.1) is 11.3 Å². The van der Waals surface area contributed by atoms with Crippen LogP contribution in [0.2, 0.25) is 0 Å². The first kappa shape index (κ1) is 13.5. The molecule has 0 atom stereocenters. The quantitative estimate of drug-likeness (QED) is 0.756. The summed E-state index contributed by atoms with van der Waals surface area (Å²) in [5, 5.41) is 7.78. The van der Waals surface area contributed by atoms with Gasteiger partial charge in [0.2, 0.25) is 0 Å². The van der Waals surface area contributed by atoms with Crippen molar-refractivity contribution in [3.63, 3.8) is 0 Å².